The van der Waals surface area contributed by atoms with Crippen molar-refractivity contribution in [3.63, 3.8) is 0 Å². The molecular weight excluding hydrogens is 264 g/mol. The van der Waals surface area contributed by atoms with Gasteiger partial charge in [-0.15, -0.1) is 0 Å². The van der Waals surface area contributed by atoms with Crippen LogP contribution in [0.2, 0.25) is 0 Å². The van der Waals surface area contributed by atoms with Crippen LogP contribution in [0.1, 0.15) is 36.1 Å². The highest BCUT2D eigenvalue weighted by molar-refractivity contribution is 5.90. The summed E-state index contributed by atoms with van der Waals surface area (Å²) in [6.07, 6.45) is 3.42. The summed E-state index contributed by atoms with van der Waals surface area (Å²) in [6, 6.07) is 10.2. The summed E-state index contributed by atoms with van der Waals surface area (Å²) in [5.41, 5.74) is 1.68. The topological polar surface area (TPSA) is 55.1 Å². The lowest BCUT2D eigenvalue weighted by Crippen LogP contribution is -2.58. The second kappa shape index (κ2) is 4.45. The van der Waals surface area contributed by atoms with Gasteiger partial charge in [-0.25, -0.2) is 0 Å². The fourth-order valence-corrected chi connectivity index (χ4v) is 4.25. The molecule has 21 heavy (non-hydrogen) atoms. The Kier molecular flexibility index (Phi) is 2.67. The van der Waals surface area contributed by atoms with Crippen LogP contribution in [-0.2, 0) is 16.6 Å². The minimum Gasteiger partial charge on any atom is -0.361 e. The number of carbonyl (C=O) groups excluding carboxylic acids is 1. The van der Waals surface area contributed by atoms with E-state index in [-0.39, 0.29) is 17.7 Å². The number of fused-ring (bicyclic) bond motifs is 2. The van der Waals surface area contributed by atoms with Crippen molar-refractivity contribution in [2.45, 2.75) is 31.1 Å². The van der Waals surface area contributed by atoms with Gasteiger partial charge in [-0.2, -0.15) is 0 Å². The maximum atomic E-state index is 12.9. The van der Waals surface area contributed by atoms with Crippen molar-refractivity contribution in [1.29, 1.82) is 0 Å². The molecular formula is C17H18N2O2. The summed E-state index contributed by atoms with van der Waals surface area (Å²) >= 11 is 0. The van der Waals surface area contributed by atoms with Gasteiger partial charge in [0.2, 0.25) is 5.91 Å². The number of hydrogen-bond acceptors (Lipinski definition) is 3. The number of hydrogen-bond donors (Lipinski definition) is 1. The molecule has 1 unspecified atom stereocenters. The van der Waals surface area contributed by atoms with Gasteiger partial charge in [0.05, 0.1) is 11.6 Å². The summed E-state index contributed by atoms with van der Waals surface area (Å²) in [6.45, 7) is 2.90. The largest absolute Gasteiger partial charge is 0.361 e. The molecule has 3 atom stereocenters. The van der Waals surface area contributed by atoms with Crippen molar-refractivity contribution >= 4 is 5.91 Å². The van der Waals surface area contributed by atoms with Crippen LogP contribution in [0.3, 0.4) is 0 Å². The van der Waals surface area contributed by atoms with Crippen LogP contribution in [0.25, 0.3) is 0 Å². The second-order valence-corrected chi connectivity index (χ2v) is 6.17. The van der Waals surface area contributed by atoms with Crippen molar-refractivity contribution in [3.05, 3.63) is 53.4 Å². The average molecular weight is 282 g/mol. The van der Waals surface area contributed by atoms with Gasteiger partial charge in [0.15, 0.2) is 0 Å². The van der Waals surface area contributed by atoms with E-state index in [9.17, 15) is 4.79 Å². The molecule has 1 fully saturated rings. The van der Waals surface area contributed by atoms with E-state index in [1.807, 2.05) is 18.2 Å². The van der Waals surface area contributed by atoms with E-state index in [0.29, 0.717) is 6.42 Å². The summed E-state index contributed by atoms with van der Waals surface area (Å²) in [5, 5.41) is 7.03. The molecule has 4 rings (SSSR count). The first-order valence-electron chi connectivity index (χ1n) is 7.51. The second-order valence-electron chi connectivity index (χ2n) is 6.17. The van der Waals surface area contributed by atoms with Crippen molar-refractivity contribution in [2.75, 3.05) is 6.54 Å². The Morgan fingerprint density at radius 1 is 1.33 bits per heavy atom. The lowest BCUT2D eigenvalue weighted by atomic mass is 9.56. The van der Waals surface area contributed by atoms with E-state index in [1.165, 1.54) is 0 Å². The zero-order valence-electron chi connectivity index (χ0n) is 12.0. The van der Waals surface area contributed by atoms with Crippen LogP contribution in [-0.4, -0.2) is 17.6 Å². The highest BCUT2D eigenvalue weighted by atomic mass is 16.5. The van der Waals surface area contributed by atoms with Crippen molar-refractivity contribution in [2.24, 2.45) is 5.92 Å². The number of nitrogens with one attached hydrogen (secondary N) is 1. The van der Waals surface area contributed by atoms with E-state index >= 15 is 0 Å². The molecule has 1 amide bonds. The molecule has 1 N–H and O–H groups in total. The minimum atomic E-state index is -0.489. The maximum Gasteiger partial charge on any atom is 0.231 e. The first-order valence-corrected chi connectivity index (χ1v) is 7.51. The van der Waals surface area contributed by atoms with Gasteiger partial charge in [0.1, 0.15) is 5.76 Å². The summed E-state index contributed by atoms with van der Waals surface area (Å²) in [5.74, 6) is 1.57. The van der Waals surface area contributed by atoms with Gasteiger partial charge in [0, 0.05) is 18.0 Å². The van der Waals surface area contributed by atoms with Crippen LogP contribution in [0, 0.1) is 5.92 Å². The average Bonchev–Trinajstić information content (AvgIpc) is 2.98. The Labute approximate surface area is 123 Å². The third-order valence-corrected chi connectivity index (χ3v) is 5.23. The Morgan fingerprint density at radius 2 is 2.14 bits per heavy atom. The van der Waals surface area contributed by atoms with Gasteiger partial charge < -0.3 is 9.84 Å². The molecule has 4 nitrogen and oxygen atoms in total. The molecule has 0 spiro atoms. The zero-order chi connectivity index (χ0) is 14.4. The fraction of sp³-hybridized carbons (Fsp3) is 0.412. The highest BCUT2D eigenvalue weighted by Crippen LogP contribution is 2.51. The van der Waals surface area contributed by atoms with Gasteiger partial charge in [-0.1, -0.05) is 42.4 Å². The molecule has 1 saturated heterocycles. The molecule has 0 radical (unpaired) electrons. The summed E-state index contributed by atoms with van der Waals surface area (Å²) in [7, 11) is 0. The Morgan fingerprint density at radius 3 is 2.95 bits per heavy atom. The number of benzene rings is 1. The molecule has 1 aromatic heterocycles. The molecule has 1 aliphatic heterocycles. The molecule has 108 valence electrons. The number of piperidine rings is 1. The predicted molar refractivity (Wildman–Crippen MR) is 77.9 cm³/mol. The third-order valence-electron chi connectivity index (χ3n) is 5.23. The molecule has 2 heterocycles. The lowest BCUT2D eigenvalue weighted by molar-refractivity contribution is -0.132. The monoisotopic (exact) mass is 282 g/mol. The standard InChI is InChI=1S/C17H18N2O2/c1-11-14-7-8-18-16(20)17(14,13-5-3-2-4-6-13)9-12-10-19-21-15(11)12/h2-6,10-11,14H,7-9H2,1H3,(H,18,20)/t11-,14-,17?/m0/s1. The Hall–Kier alpha value is -2.10. The zero-order valence-corrected chi connectivity index (χ0v) is 12.0. The fourth-order valence-electron chi connectivity index (χ4n) is 4.25. The third kappa shape index (κ3) is 1.62. The SMILES string of the molecule is C[C@@H]1c2oncc2CC2(c3ccccc3)C(=O)NCC[C@@H]12. The van der Waals surface area contributed by atoms with Crippen LogP contribution >= 0.6 is 0 Å². The van der Waals surface area contributed by atoms with E-state index in [0.717, 1.165) is 29.9 Å². The van der Waals surface area contributed by atoms with Gasteiger partial charge in [0.25, 0.3) is 0 Å². The normalized spacial score (nSPS) is 31.2. The van der Waals surface area contributed by atoms with E-state index < -0.39 is 5.41 Å². The number of aromatic nitrogens is 1. The van der Waals surface area contributed by atoms with Crippen molar-refractivity contribution < 1.29 is 9.32 Å². The summed E-state index contributed by atoms with van der Waals surface area (Å²) in [4.78, 5) is 12.9. The van der Waals surface area contributed by atoms with Crippen LogP contribution < -0.4 is 5.32 Å². The molecule has 2 aliphatic rings. The van der Waals surface area contributed by atoms with Gasteiger partial charge in [-0.05, 0) is 24.3 Å². The molecule has 1 aliphatic carbocycles. The number of amides is 1. The minimum absolute atomic E-state index is 0.142. The van der Waals surface area contributed by atoms with E-state index in [2.05, 4.69) is 29.5 Å². The first kappa shape index (κ1) is 12.6. The summed E-state index contributed by atoms with van der Waals surface area (Å²) < 4.78 is 5.45. The first-order chi connectivity index (χ1) is 10.2. The smallest absolute Gasteiger partial charge is 0.231 e. The molecule has 0 saturated carbocycles. The highest BCUT2D eigenvalue weighted by Gasteiger charge is 2.55. The van der Waals surface area contributed by atoms with Crippen LogP contribution in [0.15, 0.2) is 41.1 Å². The van der Waals surface area contributed by atoms with E-state index in [1.54, 1.807) is 6.20 Å². The maximum absolute atomic E-state index is 12.9. The van der Waals surface area contributed by atoms with Crippen LogP contribution in [0.4, 0.5) is 0 Å². The van der Waals surface area contributed by atoms with Crippen molar-refractivity contribution in [3.8, 4) is 0 Å². The number of carbonyl (C=O) groups is 1. The number of rotatable bonds is 1. The molecule has 0 bridgehead atoms. The van der Waals surface area contributed by atoms with Gasteiger partial charge >= 0.3 is 0 Å². The molecule has 4 heteroatoms. The number of nitrogens with zero attached hydrogens (tertiary/aromatic N) is 1. The molecule has 1 aromatic carbocycles. The predicted octanol–water partition coefficient (Wildman–Crippen LogP) is 2.41. The van der Waals surface area contributed by atoms with Crippen LogP contribution in [0.5, 0.6) is 0 Å². The Balaban J connectivity index is 1.93. The van der Waals surface area contributed by atoms with Gasteiger partial charge in [-0.3, -0.25) is 4.79 Å². The lowest BCUT2D eigenvalue weighted by Gasteiger charge is -2.48. The Bertz CT molecular complexity index is 679. The quantitative estimate of drug-likeness (QED) is 0.874. The van der Waals surface area contributed by atoms with E-state index in [4.69, 9.17) is 4.52 Å². The molecule has 2 aromatic rings. The van der Waals surface area contributed by atoms with Crippen molar-refractivity contribution in [1.82, 2.24) is 10.5 Å².